The molecule has 0 spiro atoms. The lowest BCUT2D eigenvalue weighted by atomic mass is 10.1. The number of fused-ring (bicyclic) bond motifs is 1. The van der Waals surface area contributed by atoms with Crippen LogP contribution in [0.1, 0.15) is 52.1 Å². The molecule has 1 aromatic heterocycles. The summed E-state index contributed by atoms with van der Waals surface area (Å²) in [4.78, 5) is 26.0. The monoisotopic (exact) mass is 490 g/mol. The van der Waals surface area contributed by atoms with Crippen LogP contribution < -0.4 is 5.32 Å². The van der Waals surface area contributed by atoms with E-state index in [1.165, 1.54) is 4.90 Å². The Bertz CT molecular complexity index is 1060. The summed E-state index contributed by atoms with van der Waals surface area (Å²) in [6.07, 6.45) is -8.59. The fraction of sp³-hybridized carbons (Fsp3) is 0.476. The van der Waals surface area contributed by atoms with Gasteiger partial charge in [-0.25, -0.2) is 4.79 Å². The Balaban J connectivity index is 1.44. The smallest absolute Gasteiger partial charge is 0.416 e. The van der Waals surface area contributed by atoms with Gasteiger partial charge in [0.05, 0.1) is 23.4 Å². The van der Waals surface area contributed by atoms with Crippen LogP contribution in [0.2, 0.25) is 0 Å². The molecule has 2 heterocycles. The minimum Gasteiger partial charge on any atom is -0.445 e. The molecule has 0 saturated heterocycles. The zero-order chi connectivity index (χ0) is 24.7. The van der Waals surface area contributed by atoms with Crippen LogP contribution in [0.4, 0.5) is 31.1 Å². The van der Waals surface area contributed by atoms with E-state index in [-0.39, 0.29) is 36.8 Å². The van der Waals surface area contributed by atoms with E-state index >= 15 is 0 Å². The molecular formula is C21H20F6N4O3. The molecule has 1 fully saturated rings. The molecule has 1 aromatic carbocycles. The van der Waals surface area contributed by atoms with E-state index in [0.29, 0.717) is 30.8 Å². The van der Waals surface area contributed by atoms with E-state index in [1.54, 1.807) is 10.7 Å². The molecule has 1 aliphatic heterocycles. The van der Waals surface area contributed by atoms with Crippen molar-refractivity contribution in [2.45, 2.75) is 57.4 Å². The first-order valence-corrected chi connectivity index (χ1v) is 10.5. The average Bonchev–Trinajstić information content (AvgIpc) is 3.51. The number of halogens is 6. The molecular weight excluding hydrogens is 470 g/mol. The molecule has 2 aliphatic rings. The molecule has 2 amide bonds. The van der Waals surface area contributed by atoms with Gasteiger partial charge >= 0.3 is 18.4 Å². The first-order valence-electron chi connectivity index (χ1n) is 10.5. The summed E-state index contributed by atoms with van der Waals surface area (Å²) in [5.74, 6) is -0.317. The number of hydrogen-bond donors (Lipinski definition) is 1. The van der Waals surface area contributed by atoms with Crippen LogP contribution >= 0.6 is 0 Å². The van der Waals surface area contributed by atoms with Gasteiger partial charge in [-0.15, -0.1) is 0 Å². The van der Waals surface area contributed by atoms with Crippen molar-refractivity contribution in [2.24, 2.45) is 0 Å². The second kappa shape index (κ2) is 8.84. The van der Waals surface area contributed by atoms with Crippen molar-refractivity contribution in [2.75, 3.05) is 6.54 Å². The van der Waals surface area contributed by atoms with E-state index in [0.717, 1.165) is 12.8 Å². The van der Waals surface area contributed by atoms with Crippen LogP contribution in [0.3, 0.4) is 0 Å². The minimum absolute atomic E-state index is 0.0121. The summed E-state index contributed by atoms with van der Waals surface area (Å²) in [6.45, 7) is -0.0733. The summed E-state index contributed by atoms with van der Waals surface area (Å²) in [5.41, 5.74) is -2.63. The van der Waals surface area contributed by atoms with Crippen molar-refractivity contribution < 1.29 is 40.7 Å². The molecule has 7 nitrogen and oxygen atoms in total. The van der Waals surface area contributed by atoms with Crippen LogP contribution in [0.15, 0.2) is 24.3 Å². The number of alkyl halides is 6. The third-order valence-corrected chi connectivity index (χ3v) is 5.43. The molecule has 1 N–H and O–H groups in total. The number of aromatic nitrogens is 2. The van der Waals surface area contributed by atoms with Crippen molar-refractivity contribution in [1.29, 1.82) is 0 Å². The lowest BCUT2D eigenvalue weighted by Crippen LogP contribution is -2.31. The fourth-order valence-corrected chi connectivity index (χ4v) is 3.56. The number of hydrogen-bond acceptors (Lipinski definition) is 4. The van der Waals surface area contributed by atoms with Crippen molar-refractivity contribution >= 4 is 12.0 Å². The second-order valence-corrected chi connectivity index (χ2v) is 8.24. The van der Waals surface area contributed by atoms with Crippen LogP contribution in [-0.2, 0) is 36.8 Å². The van der Waals surface area contributed by atoms with Gasteiger partial charge in [0.1, 0.15) is 6.61 Å². The number of benzene rings is 1. The summed E-state index contributed by atoms with van der Waals surface area (Å²) in [6, 6.07) is 2.74. The van der Waals surface area contributed by atoms with Gasteiger partial charge in [0.2, 0.25) is 0 Å². The van der Waals surface area contributed by atoms with E-state index in [4.69, 9.17) is 4.74 Å². The Morgan fingerprint density at radius 1 is 1.00 bits per heavy atom. The third kappa shape index (κ3) is 5.62. The molecule has 184 valence electrons. The van der Waals surface area contributed by atoms with Crippen molar-refractivity contribution in [3.63, 3.8) is 0 Å². The topological polar surface area (TPSA) is 76.5 Å². The Morgan fingerprint density at radius 3 is 2.24 bits per heavy atom. The summed E-state index contributed by atoms with van der Waals surface area (Å²) >= 11 is 0. The number of carbonyl (C=O) groups excluding carboxylic acids is 2. The average molecular weight is 490 g/mol. The van der Waals surface area contributed by atoms with Crippen molar-refractivity contribution in [3.05, 3.63) is 52.3 Å². The van der Waals surface area contributed by atoms with Gasteiger partial charge in [-0.2, -0.15) is 31.4 Å². The fourth-order valence-electron chi connectivity index (χ4n) is 3.56. The predicted molar refractivity (Wildman–Crippen MR) is 104 cm³/mol. The number of carbonyl (C=O) groups is 2. The number of nitrogens with one attached hydrogen (secondary N) is 1. The van der Waals surface area contributed by atoms with Crippen LogP contribution in [-0.4, -0.2) is 39.3 Å². The summed E-state index contributed by atoms with van der Waals surface area (Å²) < 4.78 is 84.8. The summed E-state index contributed by atoms with van der Waals surface area (Å²) in [7, 11) is 0. The van der Waals surface area contributed by atoms with Gasteiger partial charge < -0.3 is 15.0 Å². The van der Waals surface area contributed by atoms with Crippen LogP contribution in [0.25, 0.3) is 0 Å². The van der Waals surface area contributed by atoms with Gasteiger partial charge in [0, 0.05) is 19.1 Å². The first kappa shape index (κ1) is 23.9. The van der Waals surface area contributed by atoms with E-state index in [1.807, 2.05) is 0 Å². The van der Waals surface area contributed by atoms with Crippen molar-refractivity contribution in [3.8, 4) is 0 Å². The highest BCUT2D eigenvalue weighted by Gasteiger charge is 2.37. The molecule has 0 bridgehead atoms. The standard InChI is InChI=1S/C21H20F6N4O3/c22-20(23,24)13-6-12(7-14(8-13)21(25,26)27)11-34-19(33)30-4-1-5-31-16(10-30)9-17(29-31)18(32)28-15-2-3-15/h6-9,15H,1-5,10-11H2,(H,28,32). The van der Waals surface area contributed by atoms with Gasteiger partial charge in [0.15, 0.2) is 5.69 Å². The normalized spacial score (nSPS) is 16.6. The maximum Gasteiger partial charge on any atom is 0.416 e. The molecule has 13 heteroatoms. The molecule has 1 saturated carbocycles. The number of rotatable bonds is 4. The highest BCUT2D eigenvalue weighted by atomic mass is 19.4. The van der Waals surface area contributed by atoms with Gasteiger partial charge in [-0.05, 0) is 49.1 Å². The lowest BCUT2D eigenvalue weighted by Gasteiger charge is -2.20. The van der Waals surface area contributed by atoms with E-state index in [2.05, 4.69) is 10.4 Å². The molecule has 0 atom stereocenters. The largest absolute Gasteiger partial charge is 0.445 e. The van der Waals surface area contributed by atoms with Crippen LogP contribution in [0, 0.1) is 0 Å². The molecule has 4 rings (SSSR count). The molecule has 0 unspecified atom stereocenters. The zero-order valence-corrected chi connectivity index (χ0v) is 17.7. The lowest BCUT2D eigenvalue weighted by molar-refractivity contribution is -0.143. The Kier molecular flexibility index (Phi) is 6.21. The van der Waals surface area contributed by atoms with E-state index < -0.39 is 41.7 Å². The number of amides is 2. The van der Waals surface area contributed by atoms with Gasteiger partial charge in [-0.3, -0.25) is 9.48 Å². The zero-order valence-electron chi connectivity index (χ0n) is 17.7. The molecule has 0 radical (unpaired) electrons. The SMILES string of the molecule is O=C(NC1CC1)c1cc2n(n1)CCCN(C(=O)OCc1cc(C(F)(F)F)cc(C(F)(F)F)c1)C2. The highest BCUT2D eigenvalue weighted by Crippen LogP contribution is 2.36. The quantitative estimate of drug-likeness (QED) is 0.647. The maximum absolute atomic E-state index is 13.0. The number of aryl methyl sites for hydroxylation is 1. The molecule has 34 heavy (non-hydrogen) atoms. The third-order valence-electron chi connectivity index (χ3n) is 5.43. The number of ether oxygens (including phenoxy) is 1. The number of nitrogens with zero attached hydrogens (tertiary/aromatic N) is 3. The molecule has 1 aliphatic carbocycles. The minimum atomic E-state index is -4.99. The van der Waals surface area contributed by atoms with Gasteiger partial charge in [-0.1, -0.05) is 0 Å². The van der Waals surface area contributed by atoms with Crippen LogP contribution in [0.5, 0.6) is 0 Å². The van der Waals surface area contributed by atoms with Crippen molar-refractivity contribution in [1.82, 2.24) is 20.0 Å². The van der Waals surface area contributed by atoms with E-state index in [9.17, 15) is 35.9 Å². The second-order valence-electron chi connectivity index (χ2n) is 8.24. The Hall–Kier alpha value is -3.25. The molecule has 2 aromatic rings. The highest BCUT2D eigenvalue weighted by molar-refractivity contribution is 5.92. The predicted octanol–water partition coefficient (Wildman–Crippen LogP) is 4.36. The summed E-state index contributed by atoms with van der Waals surface area (Å²) in [5, 5.41) is 7.07. The van der Waals surface area contributed by atoms with Gasteiger partial charge in [0.25, 0.3) is 5.91 Å². The maximum atomic E-state index is 13.0. The Morgan fingerprint density at radius 2 is 1.65 bits per heavy atom. The Labute approximate surface area is 189 Å². The first-order chi connectivity index (χ1) is 15.9.